The van der Waals surface area contributed by atoms with Crippen molar-refractivity contribution >= 4 is 58.2 Å². The van der Waals surface area contributed by atoms with Gasteiger partial charge in [-0.1, -0.05) is 60.1 Å². The first kappa shape index (κ1) is 26.5. The van der Waals surface area contributed by atoms with Gasteiger partial charge in [0.1, 0.15) is 11.3 Å². The van der Waals surface area contributed by atoms with Gasteiger partial charge in [-0.15, -0.1) is 0 Å². The van der Waals surface area contributed by atoms with Crippen LogP contribution in [0.5, 0.6) is 0 Å². The number of nitrogens with one attached hydrogen (secondary N) is 2. The van der Waals surface area contributed by atoms with Crippen LogP contribution in [0.3, 0.4) is 0 Å². The fourth-order valence-corrected chi connectivity index (χ4v) is 5.24. The summed E-state index contributed by atoms with van der Waals surface area (Å²) >= 11 is 10.9. The average molecular weight is 562 g/mol. The van der Waals surface area contributed by atoms with E-state index in [1.807, 2.05) is 47.4 Å². The second kappa shape index (κ2) is 11.3. The van der Waals surface area contributed by atoms with Crippen LogP contribution in [0, 0.1) is 10.1 Å². The van der Waals surface area contributed by atoms with Crippen molar-refractivity contribution in [1.29, 1.82) is 0 Å². The third-order valence-electron chi connectivity index (χ3n) is 6.77. The Morgan fingerprint density at radius 2 is 1.51 bits per heavy atom. The quantitative estimate of drug-likeness (QED) is 0.153. The van der Waals surface area contributed by atoms with Gasteiger partial charge in [0.15, 0.2) is 5.11 Å². The highest BCUT2D eigenvalue weighted by Crippen LogP contribution is 2.34. The minimum atomic E-state index is -0.653. The molecular formula is C28H24ClN5O4S. The number of thiocarbonyl (C=S) groups is 1. The predicted molar refractivity (Wildman–Crippen MR) is 153 cm³/mol. The van der Waals surface area contributed by atoms with Gasteiger partial charge in [-0.25, -0.2) is 0 Å². The van der Waals surface area contributed by atoms with Gasteiger partial charge >= 0.3 is 0 Å². The van der Waals surface area contributed by atoms with Gasteiger partial charge in [-0.05, 0) is 53.2 Å². The molecule has 39 heavy (non-hydrogen) atoms. The zero-order chi connectivity index (χ0) is 27.5. The summed E-state index contributed by atoms with van der Waals surface area (Å²) in [5.41, 5.74) is 2.87. The first-order valence-corrected chi connectivity index (χ1v) is 13.0. The lowest BCUT2D eigenvalue weighted by Gasteiger charge is -2.40. The molecular weight excluding hydrogens is 538 g/mol. The summed E-state index contributed by atoms with van der Waals surface area (Å²) < 4.78 is 0. The summed E-state index contributed by atoms with van der Waals surface area (Å²) in [6, 6.07) is 22.8. The van der Waals surface area contributed by atoms with Crippen LogP contribution < -0.4 is 15.5 Å². The van der Waals surface area contributed by atoms with Crippen molar-refractivity contribution in [1.82, 2.24) is 15.5 Å². The monoisotopic (exact) mass is 561 g/mol. The van der Waals surface area contributed by atoms with E-state index in [-0.39, 0.29) is 22.4 Å². The molecule has 3 aromatic rings. The summed E-state index contributed by atoms with van der Waals surface area (Å²) in [6.07, 6.45) is 1.32. The summed E-state index contributed by atoms with van der Waals surface area (Å²) in [7, 11) is 0. The third kappa shape index (κ3) is 5.83. The van der Waals surface area contributed by atoms with Crippen molar-refractivity contribution in [3.63, 3.8) is 0 Å². The maximum absolute atomic E-state index is 12.2. The SMILES string of the molecule is O=C1NC(=S)NC(=O)C1=Cc1ccc(N2CCN([C@@H](c3ccccc3)c3ccc(Cl)cc3)CC2)c([N+](=O)[O-])c1. The maximum Gasteiger partial charge on any atom is 0.293 e. The number of carbonyl (C=O) groups is 2. The normalized spacial score (nSPS) is 16.9. The summed E-state index contributed by atoms with van der Waals surface area (Å²) in [5.74, 6) is -1.31. The Bertz CT molecular complexity index is 1450. The Labute approximate surface area is 235 Å². The van der Waals surface area contributed by atoms with Crippen LogP contribution >= 0.6 is 23.8 Å². The molecule has 2 aliphatic rings. The largest absolute Gasteiger partial charge is 0.363 e. The van der Waals surface area contributed by atoms with Gasteiger partial charge in [-0.3, -0.25) is 35.2 Å². The molecule has 5 rings (SSSR count). The van der Waals surface area contributed by atoms with E-state index in [2.05, 4.69) is 27.7 Å². The van der Waals surface area contributed by atoms with Crippen molar-refractivity contribution in [3.8, 4) is 0 Å². The van der Waals surface area contributed by atoms with Gasteiger partial charge in [0.2, 0.25) is 0 Å². The lowest BCUT2D eigenvalue weighted by molar-refractivity contribution is -0.384. The molecule has 2 N–H and O–H groups in total. The number of hydrogen-bond acceptors (Lipinski definition) is 7. The van der Waals surface area contributed by atoms with E-state index < -0.39 is 16.7 Å². The van der Waals surface area contributed by atoms with Gasteiger partial charge in [0, 0.05) is 37.3 Å². The number of rotatable bonds is 6. The Hall–Kier alpha value is -4.12. The van der Waals surface area contributed by atoms with Gasteiger partial charge in [-0.2, -0.15) is 0 Å². The van der Waals surface area contributed by atoms with Crippen molar-refractivity contribution in [2.75, 3.05) is 31.1 Å². The minimum absolute atomic E-state index is 0.0234. The lowest BCUT2D eigenvalue weighted by Crippen LogP contribution is -2.51. The van der Waals surface area contributed by atoms with E-state index in [1.54, 1.807) is 12.1 Å². The Balaban J connectivity index is 1.37. The molecule has 0 unspecified atom stereocenters. The lowest BCUT2D eigenvalue weighted by atomic mass is 9.96. The highest BCUT2D eigenvalue weighted by Gasteiger charge is 2.30. The number of nitro benzene ring substituents is 1. The molecule has 2 aliphatic heterocycles. The molecule has 2 saturated heterocycles. The van der Waals surface area contributed by atoms with E-state index in [0.29, 0.717) is 42.5 Å². The Morgan fingerprint density at radius 1 is 0.897 bits per heavy atom. The molecule has 198 valence electrons. The predicted octanol–water partition coefficient (Wildman–Crippen LogP) is 4.07. The Kier molecular flexibility index (Phi) is 7.69. The molecule has 0 saturated carbocycles. The molecule has 0 radical (unpaired) electrons. The zero-order valence-corrected chi connectivity index (χ0v) is 22.2. The number of piperazine rings is 1. The summed E-state index contributed by atoms with van der Waals surface area (Å²) in [4.78, 5) is 40.3. The molecule has 0 aromatic heterocycles. The molecule has 2 fully saturated rings. The molecule has 0 aliphatic carbocycles. The van der Waals surface area contributed by atoms with Crippen LogP contribution in [0.2, 0.25) is 5.02 Å². The van der Waals surface area contributed by atoms with Crippen molar-refractivity contribution in [3.05, 3.63) is 110 Å². The van der Waals surface area contributed by atoms with Gasteiger partial charge in [0.05, 0.1) is 11.0 Å². The molecule has 0 bridgehead atoms. The van der Waals surface area contributed by atoms with Gasteiger partial charge in [0.25, 0.3) is 17.5 Å². The first-order chi connectivity index (χ1) is 18.8. The highest BCUT2D eigenvalue weighted by atomic mass is 35.5. The number of nitrogens with zero attached hydrogens (tertiary/aromatic N) is 3. The Morgan fingerprint density at radius 3 is 2.13 bits per heavy atom. The minimum Gasteiger partial charge on any atom is -0.363 e. The second-order valence-corrected chi connectivity index (χ2v) is 10.0. The van der Waals surface area contributed by atoms with Crippen LogP contribution in [0.1, 0.15) is 22.7 Å². The molecule has 2 heterocycles. The molecule has 3 aromatic carbocycles. The number of amides is 2. The zero-order valence-electron chi connectivity index (χ0n) is 20.7. The number of halogens is 1. The molecule has 11 heteroatoms. The standard InChI is InChI=1S/C28H24ClN5O4S/c29-21-9-7-20(8-10-21)25(19-4-2-1-3-5-19)33-14-12-32(13-15-33)23-11-6-18(17-24(23)34(37)38)16-22-26(35)30-28(39)31-27(22)36/h1-11,16-17,25H,12-15H2,(H2,30,31,35,36,39)/t25-/m0/s1. The number of benzene rings is 3. The maximum atomic E-state index is 12.2. The number of carbonyl (C=O) groups excluding carboxylic acids is 2. The topological polar surface area (TPSA) is 108 Å². The molecule has 2 amide bonds. The van der Waals surface area contributed by atoms with Crippen LogP contribution in [0.25, 0.3) is 6.08 Å². The summed E-state index contributed by atoms with van der Waals surface area (Å²) in [5, 5.41) is 17.3. The number of hydrogen-bond donors (Lipinski definition) is 2. The number of anilines is 1. The molecule has 9 nitrogen and oxygen atoms in total. The van der Waals surface area contributed by atoms with Gasteiger partial charge < -0.3 is 4.90 Å². The fraction of sp³-hybridized carbons (Fsp3) is 0.179. The first-order valence-electron chi connectivity index (χ1n) is 12.3. The van der Waals surface area contributed by atoms with Crippen molar-refractivity contribution in [2.45, 2.75) is 6.04 Å². The van der Waals surface area contributed by atoms with Crippen LogP contribution in [-0.2, 0) is 9.59 Å². The van der Waals surface area contributed by atoms with E-state index in [4.69, 9.17) is 23.8 Å². The van der Waals surface area contributed by atoms with E-state index in [9.17, 15) is 19.7 Å². The van der Waals surface area contributed by atoms with Crippen molar-refractivity contribution in [2.24, 2.45) is 0 Å². The van der Waals surface area contributed by atoms with E-state index in [0.717, 1.165) is 11.1 Å². The van der Waals surface area contributed by atoms with Crippen LogP contribution in [0.15, 0.2) is 78.4 Å². The fourth-order valence-electron chi connectivity index (χ4n) is 4.93. The van der Waals surface area contributed by atoms with Crippen molar-refractivity contribution < 1.29 is 14.5 Å². The third-order valence-corrected chi connectivity index (χ3v) is 7.23. The van der Waals surface area contributed by atoms with E-state index in [1.165, 1.54) is 12.1 Å². The highest BCUT2D eigenvalue weighted by molar-refractivity contribution is 7.80. The van der Waals surface area contributed by atoms with Crippen LogP contribution in [0.4, 0.5) is 11.4 Å². The summed E-state index contributed by atoms with van der Waals surface area (Å²) in [6.45, 7) is 2.54. The smallest absolute Gasteiger partial charge is 0.293 e. The van der Waals surface area contributed by atoms with E-state index >= 15 is 0 Å². The average Bonchev–Trinajstić information content (AvgIpc) is 2.93. The molecule has 0 spiro atoms. The van der Waals surface area contributed by atoms with Crippen LogP contribution in [-0.4, -0.2) is 52.9 Å². The number of nitro groups is 1. The molecule has 1 atom stereocenters. The second-order valence-electron chi connectivity index (χ2n) is 9.19.